The Morgan fingerprint density at radius 1 is 0.800 bits per heavy atom. The highest BCUT2D eigenvalue weighted by atomic mass is 15.1. The number of nitrogens with zero attached hydrogens (tertiary/aromatic N) is 1. The van der Waals surface area contributed by atoms with Gasteiger partial charge in [-0.05, 0) is 101 Å². The van der Waals surface area contributed by atoms with E-state index in [9.17, 15) is 0 Å². The number of hydrogen-bond acceptors (Lipinski definition) is 1. The molecule has 0 radical (unpaired) electrons. The van der Waals surface area contributed by atoms with Gasteiger partial charge in [0.05, 0.1) is 0 Å². The minimum Gasteiger partial charge on any atom is -0.311 e. The molecule has 0 aromatic heterocycles. The van der Waals surface area contributed by atoms with E-state index in [-0.39, 0.29) is 5.41 Å². The Labute approximate surface area is 240 Å². The fourth-order valence-electron chi connectivity index (χ4n) is 5.82. The second kappa shape index (κ2) is 11.4. The van der Waals surface area contributed by atoms with Crippen LogP contribution in [-0.2, 0) is 5.41 Å². The monoisotopic (exact) mass is 521 g/mol. The van der Waals surface area contributed by atoms with E-state index < -0.39 is 0 Å². The highest BCUT2D eigenvalue weighted by Gasteiger charge is 2.35. The molecule has 0 unspecified atom stereocenters. The molecule has 1 heteroatoms. The summed E-state index contributed by atoms with van der Waals surface area (Å²) in [5.41, 5.74) is 13.8. The number of benzene rings is 4. The summed E-state index contributed by atoms with van der Waals surface area (Å²) in [6, 6.07) is 33.5. The average Bonchev–Trinajstić information content (AvgIpc) is 3.22. The van der Waals surface area contributed by atoms with E-state index in [1.54, 1.807) is 0 Å². The van der Waals surface area contributed by atoms with Crippen molar-refractivity contribution in [3.63, 3.8) is 0 Å². The minimum absolute atomic E-state index is 0.00348. The van der Waals surface area contributed by atoms with Crippen molar-refractivity contribution in [2.45, 2.75) is 46.5 Å². The van der Waals surface area contributed by atoms with Gasteiger partial charge in [0.15, 0.2) is 0 Å². The van der Waals surface area contributed by atoms with Gasteiger partial charge in [0.25, 0.3) is 0 Å². The molecule has 1 aliphatic rings. The second-order valence-corrected chi connectivity index (χ2v) is 11.0. The number of anilines is 2. The summed E-state index contributed by atoms with van der Waals surface area (Å²) in [6.07, 6.45) is 11.5. The molecule has 4 aromatic rings. The standard InChI is InChI=1S/C39H39N/c1-7-10-14-32(9-3)40(33-22-17-29(18-23-33)28(4)13-8-2)34-24-19-30(20-25-34)31-21-26-36-35-15-11-12-16-37(35)39(5,6)38(36)27-31/h8-27H,2,7H2,1,3-6H3/b14-10-,28-13+,32-9+. The zero-order valence-electron chi connectivity index (χ0n) is 24.4. The van der Waals surface area contributed by atoms with E-state index in [0.717, 1.165) is 23.5 Å². The van der Waals surface area contributed by atoms with Crippen LogP contribution >= 0.6 is 0 Å². The summed E-state index contributed by atoms with van der Waals surface area (Å²) < 4.78 is 0. The molecular weight excluding hydrogens is 482 g/mol. The van der Waals surface area contributed by atoms with Crippen molar-refractivity contribution in [1.29, 1.82) is 0 Å². The lowest BCUT2D eigenvalue weighted by Gasteiger charge is -2.27. The molecule has 4 aromatic carbocycles. The number of allylic oxidation sites excluding steroid dienone is 6. The van der Waals surface area contributed by atoms with E-state index in [1.807, 2.05) is 12.2 Å². The fraction of sp³-hybridized carbons (Fsp3) is 0.179. The molecule has 0 atom stereocenters. The van der Waals surface area contributed by atoms with Gasteiger partial charge in [-0.1, -0.05) is 112 Å². The molecular formula is C39H39N. The molecule has 0 aliphatic heterocycles. The van der Waals surface area contributed by atoms with Gasteiger partial charge in [-0.2, -0.15) is 0 Å². The molecule has 0 fully saturated rings. The van der Waals surface area contributed by atoms with E-state index in [0.29, 0.717) is 0 Å². The third kappa shape index (κ3) is 5.00. The van der Waals surface area contributed by atoms with Crippen LogP contribution in [-0.4, -0.2) is 0 Å². The molecule has 200 valence electrons. The van der Waals surface area contributed by atoms with Crippen molar-refractivity contribution in [1.82, 2.24) is 0 Å². The van der Waals surface area contributed by atoms with Gasteiger partial charge in [-0.15, -0.1) is 0 Å². The highest BCUT2D eigenvalue weighted by molar-refractivity contribution is 5.84. The molecule has 0 heterocycles. The number of hydrogen-bond donors (Lipinski definition) is 0. The van der Waals surface area contributed by atoms with Crippen LogP contribution < -0.4 is 4.90 Å². The molecule has 1 aliphatic carbocycles. The van der Waals surface area contributed by atoms with Crippen LogP contribution in [0.3, 0.4) is 0 Å². The maximum Gasteiger partial charge on any atom is 0.0461 e. The maximum absolute atomic E-state index is 3.84. The molecule has 0 bridgehead atoms. The highest BCUT2D eigenvalue weighted by Crippen LogP contribution is 2.49. The molecule has 40 heavy (non-hydrogen) atoms. The van der Waals surface area contributed by atoms with Crippen molar-refractivity contribution in [2.75, 3.05) is 4.90 Å². The third-order valence-corrected chi connectivity index (χ3v) is 8.07. The minimum atomic E-state index is -0.00348. The second-order valence-electron chi connectivity index (χ2n) is 11.0. The Bertz CT molecular complexity index is 1610. The maximum atomic E-state index is 3.84. The predicted molar refractivity (Wildman–Crippen MR) is 175 cm³/mol. The number of fused-ring (bicyclic) bond motifs is 3. The van der Waals surface area contributed by atoms with Gasteiger partial charge in [0.2, 0.25) is 0 Å². The summed E-state index contributed by atoms with van der Waals surface area (Å²) in [5.74, 6) is 0. The summed E-state index contributed by atoms with van der Waals surface area (Å²) >= 11 is 0. The Morgan fingerprint density at radius 3 is 2.08 bits per heavy atom. The molecule has 0 spiro atoms. The predicted octanol–water partition coefficient (Wildman–Crippen LogP) is 11.3. The smallest absolute Gasteiger partial charge is 0.0461 e. The first-order chi connectivity index (χ1) is 19.4. The van der Waals surface area contributed by atoms with Crippen LogP contribution in [0, 0.1) is 0 Å². The van der Waals surface area contributed by atoms with Crippen molar-refractivity contribution in [2.24, 2.45) is 0 Å². The molecule has 1 nitrogen and oxygen atoms in total. The lowest BCUT2D eigenvalue weighted by atomic mass is 9.81. The van der Waals surface area contributed by atoms with Crippen LogP contribution in [0.1, 0.15) is 57.7 Å². The van der Waals surface area contributed by atoms with Gasteiger partial charge in [-0.3, -0.25) is 0 Å². The molecule has 5 rings (SSSR count). The quantitative estimate of drug-likeness (QED) is 0.208. The Morgan fingerprint density at radius 2 is 1.43 bits per heavy atom. The Balaban J connectivity index is 1.51. The normalized spacial score (nSPS) is 14.2. The van der Waals surface area contributed by atoms with Crippen LogP contribution in [0.25, 0.3) is 27.8 Å². The molecule has 0 saturated carbocycles. The SMILES string of the molecule is C=C/C=C(\C)c1ccc(N(C(/C=C\CC)=C/C)c2ccc(-c3ccc4c(c3)C(C)(C)c3ccccc3-4)cc2)cc1. The summed E-state index contributed by atoms with van der Waals surface area (Å²) in [6.45, 7) is 14.9. The molecule has 0 amide bonds. The van der Waals surface area contributed by atoms with Gasteiger partial charge in [0.1, 0.15) is 0 Å². The van der Waals surface area contributed by atoms with Gasteiger partial charge >= 0.3 is 0 Å². The van der Waals surface area contributed by atoms with E-state index in [2.05, 4.69) is 155 Å². The van der Waals surface area contributed by atoms with Crippen LogP contribution in [0.2, 0.25) is 0 Å². The zero-order chi connectivity index (χ0) is 28.3. The lowest BCUT2D eigenvalue weighted by molar-refractivity contribution is 0.660. The Kier molecular flexibility index (Phi) is 7.76. The summed E-state index contributed by atoms with van der Waals surface area (Å²) in [5, 5.41) is 0. The first kappa shape index (κ1) is 27.2. The third-order valence-electron chi connectivity index (χ3n) is 8.07. The average molecular weight is 522 g/mol. The van der Waals surface area contributed by atoms with Gasteiger partial charge in [0, 0.05) is 22.5 Å². The fourth-order valence-corrected chi connectivity index (χ4v) is 5.82. The summed E-state index contributed by atoms with van der Waals surface area (Å²) in [7, 11) is 0. The van der Waals surface area contributed by atoms with Crippen molar-refractivity contribution in [3.05, 3.63) is 150 Å². The summed E-state index contributed by atoms with van der Waals surface area (Å²) in [4.78, 5) is 2.33. The largest absolute Gasteiger partial charge is 0.311 e. The van der Waals surface area contributed by atoms with Crippen molar-refractivity contribution < 1.29 is 0 Å². The zero-order valence-corrected chi connectivity index (χ0v) is 24.4. The van der Waals surface area contributed by atoms with Crippen LogP contribution in [0.15, 0.2) is 134 Å². The Hall–Kier alpha value is -4.36. The van der Waals surface area contributed by atoms with Gasteiger partial charge < -0.3 is 4.90 Å². The topological polar surface area (TPSA) is 3.24 Å². The molecule has 0 saturated heterocycles. The first-order valence-electron chi connectivity index (χ1n) is 14.3. The van der Waals surface area contributed by atoms with Crippen molar-refractivity contribution in [3.8, 4) is 22.3 Å². The van der Waals surface area contributed by atoms with E-state index in [4.69, 9.17) is 0 Å². The molecule has 0 N–H and O–H groups in total. The van der Waals surface area contributed by atoms with Crippen LogP contribution in [0.4, 0.5) is 11.4 Å². The first-order valence-corrected chi connectivity index (χ1v) is 14.3. The van der Waals surface area contributed by atoms with E-state index >= 15 is 0 Å². The van der Waals surface area contributed by atoms with Crippen LogP contribution in [0.5, 0.6) is 0 Å². The number of rotatable bonds is 8. The van der Waals surface area contributed by atoms with E-state index in [1.165, 1.54) is 44.5 Å². The lowest BCUT2D eigenvalue weighted by Crippen LogP contribution is -2.15. The van der Waals surface area contributed by atoms with Gasteiger partial charge in [-0.25, -0.2) is 0 Å². The van der Waals surface area contributed by atoms with Crippen molar-refractivity contribution >= 4 is 16.9 Å².